The molecular weight excluding hydrogens is 486 g/mol. The highest BCUT2D eigenvalue weighted by Crippen LogP contribution is 2.25. The third kappa shape index (κ3) is 5.38. The predicted octanol–water partition coefficient (Wildman–Crippen LogP) is 3.54. The fourth-order valence-corrected chi connectivity index (χ4v) is 5.92. The van der Waals surface area contributed by atoms with Gasteiger partial charge in [0, 0.05) is 37.7 Å². The number of rotatable bonds is 8. The lowest BCUT2D eigenvalue weighted by Crippen LogP contribution is -2.46. The second-order valence-electron chi connectivity index (χ2n) is 8.87. The highest BCUT2D eigenvalue weighted by atomic mass is 35.5. The van der Waals surface area contributed by atoms with Gasteiger partial charge in [-0.25, -0.2) is 17.9 Å². The molecule has 8 nitrogen and oxygen atoms in total. The average molecular weight is 514 g/mol. The van der Waals surface area contributed by atoms with E-state index >= 15 is 0 Å². The number of anilines is 1. The molecule has 5 rings (SSSR count). The molecule has 35 heavy (non-hydrogen) atoms. The van der Waals surface area contributed by atoms with Gasteiger partial charge in [0.05, 0.1) is 21.6 Å². The molecule has 10 heteroatoms. The maximum absolute atomic E-state index is 12.7. The van der Waals surface area contributed by atoms with E-state index in [1.807, 2.05) is 24.3 Å². The first kappa shape index (κ1) is 23.9. The average Bonchev–Trinajstić information content (AvgIpc) is 3.24. The van der Waals surface area contributed by atoms with Crippen LogP contribution in [0.1, 0.15) is 12.8 Å². The maximum atomic E-state index is 12.7. The molecule has 0 radical (unpaired) electrons. The molecule has 3 N–H and O–H groups in total. The molecule has 0 unspecified atom stereocenters. The van der Waals surface area contributed by atoms with E-state index in [1.165, 1.54) is 0 Å². The number of piperazine rings is 1. The number of aromatic nitrogens is 2. The first-order chi connectivity index (χ1) is 16.9. The number of benzene rings is 3. The molecule has 1 aliphatic heterocycles. The zero-order valence-corrected chi connectivity index (χ0v) is 20.8. The smallest absolute Gasteiger partial charge is 0.323 e. The van der Waals surface area contributed by atoms with Crippen molar-refractivity contribution in [1.82, 2.24) is 19.6 Å². The van der Waals surface area contributed by atoms with E-state index < -0.39 is 10.0 Å². The lowest BCUT2D eigenvalue weighted by Gasteiger charge is -2.36. The summed E-state index contributed by atoms with van der Waals surface area (Å²) in [6.07, 6.45) is 1.68. The van der Waals surface area contributed by atoms with Crippen molar-refractivity contribution in [3.63, 3.8) is 0 Å². The molecule has 4 aromatic rings. The van der Waals surface area contributed by atoms with Crippen LogP contribution in [0.5, 0.6) is 0 Å². The Morgan fingerprint density at radius 3 is 2.54 bits per heavy atom. The van der Waals surface area contributed by atoms with E-state index in [1.54, 1.807) is 30.3 Å². The van der Waals surface area contributed by atoms with Gasteiger partial charge < -0.3 is 14.9 Å². The molecule has 0 spiro atoms. The van der Waals surface area contributed by atoms with Crippen molar-refractivity contribution >= 4 is 49.1 Å². The van der Waals surface area contributed by atoms with Crippen LogP contribution in [0.4, 0.5) is 5.69 Å². The summed E-state index contributed by atoms with van der Waals surface area (Å²) in [5, 5.41) is 2.34. The van der Waals surface area contributed by atoms with Gasteiger partial charge in [-0.15, -0.1) is 0 Å². The number of fused-ring (bicyclic) bond motifs is 2. The van der Waals surface area contributed by atoms with Crippen molar-refractivity contribution in [2.75, 3.05) is 44.2 Å². The number of nitrogens with zero attached hydrogens (tertiary/aromatic N) is 2. The van der Waals surface area contributed by atoms with Gasteiger partial charge in [0.1, 0.15) is 0 Å². The number of aromatic amines is 2. The third-order valence-corrected chi connectivity index (χ3v) is 8.21. The lowest BCUT2D eigenvalue weighted by atomic mass is 10.1. The number of para-hydroxylation sites is 1. The highest BCUT2D eigenvalue weighted by molar-refractivity contribution is 7.89. The second kappa shape index (κ2) is 10.0. The number of sulfonamides is 1. The number of unbranched alkanes of at least 4 members (excludes halogenated alkanes) is 1. The Balaban J connectivity index is 1.08. The quantitative estimate of drug-likeness (QED) is 0.313. The number of H-pyrrole nitrogens is 2. The Morgan fingerprint density at radius 1 is 0.914 bits per heavy atom. The van der Waals surface area contributed by atoms with Gasteiger partial charge in [0.2, 0.25) is 10.0 Å². The SMILES string of the molecule is O=c1[nH]c2cccc(N3CCN(CCCCNS(=O)(=O)c4ccc5ccc(Cl)cc5c4)CC3)c2[nH]1. The summed E-state index contributed by atoms with van der Waals surface area (Å²) >= 11 is 6.05. The lowest BCUT2D eigenvalue weighted by molar-refractivity contribution is 0.253. The topological polar surface area (TPSA) is 101 Å². The van der Waals surface area contributed by atoms with Crippen LogP contribution in [0.3, 0.4) is 0 Å². The van der Waals surface area contributed by atoms with E-state index in [-0.39, 0.29) is 10.6 Å². The molecule has 0 amide bonds. The molecule has 3 aromatic carbocycles. The van der Waals surface area contributed by atoms with Gasteiger partial charge in [0.15, 0.2) is 0 Å². The van der Waals surface area contributed by atoms with Crippen LogP contribution >= 0.6 is 11.6 Å². The Labute approximate surface area is 208 Å². The standard InChI is InChI=1S/C25H28ClN5O3S/c26-20-8-6-18-7-9-21(17-19(18)16-20)35(33,34)27-10-1-2-11-30-12-14-31(15-13-30)23-5-3-4-22-24(23)29-25(32)28-22/h3-9,16-17,27H,1-2,10-15H2,(H2,28,29,32). The number of nitrogens with one attached hydrogen (secondary N) is 3. The Hall–Kier alpha value is -2.85. The molecule has 1 saturated heterocycles. The Kier molecular flexibility index (Phi) is 6.84. The van der Waals surface area contributed by atoms with Crippen LogP contribution in [-0.2, 0) is 10.0 Å². The number of halogens is 1. The van der Waals surface area contributed by atoms with Crippen LogP contribution in [0.2, 0.25) is 5.02 Å². The minimum Gasteiger partial charge on any atom is -0.367 e. The van der Waals surface area contributed by atoms with Crippen LogP contribution in [0.15, 0.2) is 64.3 Å². The molecule has 184 valence electrons. The third-order valence-electron chi connectivity index (χ3n) is 6.52. The molecule has 0 aliphatic carbocycles. The summed E-state index contributed by atoms with van der Waals surface area (Å²) in [5.74, 6) is 0. The minimum absolute atomic E-state index is 0.188. The van der Waals surface area contributed by atoms with Crippen LogP contribution in [0, 0.1) is 0 Å². The van der Waals surface area contributed by atoms with Crippen molar-refractivity contribution < 1.29 is 8.42 Å². The summed E-state index contributed by atoms with van der Waals surface area (Å²) < 4.78 is 28.1. The maximum Gasteiger partial charge on any atom is 0.323 e. The molecule has 0 atom stereocenters. The molecule has 1 aromatic heterocycles. The first-order valence-electron chi connectivity index (χ1n) is 11.8. The van der Waals surface area contributed by atoms with E-state index in [2.05, 4.69) is 24.5 Å². The molecule has 1 fully saturated rings. The van der Waals surface area contributed by atoms with E-state index in [0.717, 1.165) is 73.1 Å². The van der Waals surface area contributed by atoms with Crippen LogP contribution in [-0.4, -0.2) is 62.6 Å². The van der Waals surface area contributed by atoms with Gasteiger partial charge >= 0.3 is 5.69 Å². The minimum atomic E-state index is -3.57. The van der Waals surface area contributed by atoms with Crippen LogP contribution in [0.25, 0.3) is 21.8 Å². The van der Waals surface area contributed by atoms with Gasteiger partial charge in [-0.1, -0.05) is 29.8 Å². The van der Waals surface area contributed by atoms with Gasteiger partial charge in [-0.05, 0) is 66.6 Å². The van der Waals surface area contributed by atoms with Gasteiger partial charge in [0.25, 0.3) is 0 Å². The van der Waals surface area contributed by atoms with E-state index in [4.69, 9.17) is 11.6 Å². The molecule has 0 saturated carbocycles. The molecule has 1 aliphatic rings. The first-order valence-corrected chi connectivity index (χ1v) is 13.6. The van der Waals surface area contributed by atoms with Gasteiger partial charge in [-0.3, -0.25) is 4.90 Å². The second-order valence-corrected chi connectivity index (χ2v) is 11.1. The van der Waals surface area contributed by atoms with Crippen molar-refractivity contribution in [2.45, 2.75) is 17.7 Å². The monoisotopic (exact) mass is 513 g/mol. The van der Waals surface area contributed by atoms with E-state index in [9.17, 15) is 13.2 Å². The van der Waals surface area contributed by atoms with Crippen molar-refractivity contribution in [3.05, 3.63) is 70.1 Å². The van der Waals surface area contributed by atoms with Crippen LogP contribution < -0.4 is 15.3 Å². The number of hydrogen-bond acceptors (Lipinski definition) is 5. The molecule has 2 heterocycles. The summed E-state index contributed by atoms with van der Waals surface area (Å²) in [4.78, 5) is 22.3. The molecule has 0 bridgehead atoms. The Bertz CT molecular complexity index is 1510. The van der Waals surface area contributed by atoms with Crippen molar-refractivity contribution in [1.29, 1.82) is 0 Å². The summed E-state index contributed by atoms with van der Waals surface area (Å²) in [5.41, 5.74) is 2.54. The van der Waals surface area contributed by atoms with Crippen molar-refractivity contribution in [3.8, 4) is 0 Å². The number of imidazole rings is 1. The highest BCUT2D eigenvalue weighted by Gasteiger charge is 2.19. The van der Waals surface area contributed by atoms with E-state index in [0.29, 0.717) is 11.6 Å². The van der Waals surface area contributed by atoms with Crippen molar-refractivity contribution in [2.24, 2.45) is 0 Å². The Morgan fingerprint density at radius 2 is 1.71 bits per heavy atom. The summed E-state index contributed by atoms with van der Waals surface area (Å²) in [6.45, 7) is 4.94. The fourth-order valence-electron chi connectivity index (χ4n) is 4.63. The zero-order valence-electron chi connectivity index (χ0n) is 19.3. The molecular formula is C25H28ClN5O3S. The largest absolute Gasteiger partial charge is 0.367 e. The zero-order chi connectivity index (χ0) is 24.4. The fraction of sp³-hybridized carbons (Fsp3) is 0.320. The normalized spacial score (nSPS) is 15.3. The number of hydrogen-bond donors (Lipinski definition) is 3. The predicted molar refractivity (Wildman–Crippen MR) is 141 cm³/mol. The summed E-state index contributed by atoms with van der Waals surface area (Å²) in [6, 6.07) is 16.4. The summed E-state index contributed by atoms with van der Waals surface area (Å²) in [7, 11) is -3.57. The van der Waals surface area contributed by atoms with Gasteiger partial charge in [-0.2, -0.15) is 0 Å².